The van der Waals surface area contributed by atoms with Crippen LogP contribution < -0.4 is 5.32 Å². The Bertz CT molecular complexity index is 409. The minimum Gasteiger partial charge on any atom is -0.472 e. The Balaban J connectivity index is 1.77. The normalized spacial score (nSPS) is 10.1. The average Bonchev–Trinajstić information content (AvgIpc) is 2.90. The zero-order valence-electron chi connectivity index (χ0n) is 7.97. The van der Waals surface area contributed by atoms with Gasteiger partial charge in [0.1, 0.15) is 6.26 Å². The van der Waals surface area contributed by atoms with E-state index in [0.717, 1.165) is 11.4 Å². The van der Waals surface area contributed by atoms with Crippen LogP contribution in [0.15, 0.2) is 34.6 Å². The molecule has 2 heterocycles. The fourth-order valence-corrected chi connectivity index (χ4v) is 1.78. The van der Waals surface area contributed by atoms with Gasteiger partial charge in [0.15, 0.2) is 0 Å². The lowest BCUT2D eigenvalue weighted by atomic mass is 10.3. The van der Waals surface area contributed by atoms with Crippen molar-refractivity contribution >= 4 is 17.2 Å². The molecular weight excluding hydrogens is 212 g/mol. The zero-order valence-corrected chi connectivity index (χ0v) is 8.79. The lowest BCUT2D eigenvalue weighted by Crippen LogP contribution is -2.25. The third kappa shape index (κ3) is 2.66. The number of rotatable bonds is 4. The Morgan fingerprint density at radius 1 is 1.60 bits per heavy atom. The molecule has 0 aliphatic heterocycles. The van der Waals surface area contributed by atoms with Crippen molar-refractivity contribution in [3.63, 3.8) is 0 Å². The third-order valence-corrected chi connectivity index (χ3v) is 2.73. The molecule has 0 aliphatic rings. The van der Waals surface area contributed by atoms with Crippen LogP contribution in [0.25, 0.3) is 0 Å². The number of carbonyl (C=O) groups excluding carboxylic acids is 1. The Kier molecular flexibility index (Phi) is 3.14. The van der Waals surface area contributed by atoms with Gasteiger partial charge in [-0.05, 0) is 6.07 Å². The van der Waals surface area contributed by atoms with Gasteiger partial charge in [-0.2, -0.15) is 0 Å². The van der Waals surface area contributed by atoms with Crippen LogP contribution in [0.1, 0.15) is 15.4 Å². The highest BCUT2D eigenvalue weighted by atomic mass is 32.1. The van der Waals surface area contributed by atoms with E-state index in [1.54, 1.807) is 23.6 Å². The first kappa shape index (κ1) is 9.92. The molecule has 0 radical (unpaired) electrons. The van der Waals surface area contributed by atoms with Crippen LogP contribution in [-0.4, -0.2) is 17.4 Å². The monoisotopic (exact) mass is 222 g/mol. The van der Waals surface area contributed by atoms with Gasteiger partial charge in [0.2, 0.25) is 0 Å². The number of aromatic nitrogens is 1. The maximum absolute atomic E-state index is 11.4. The number of nitrogens with zero attached hydrogens (tertiary/aromatic N) is 1. The molecule has 0 atom stereocenters. The fraction of sp³-hybridized carbons (Fsp3) is 0.200. The lowest BCUT2D eigenvalue weighted by Gasteiger charge is -2.00. The standard InChI is InChI=1S/C10H10N2O2S/c13-10(8-2-5-14-7-8)12-3-1-9-11-4-6-15-9/h2,4-7H,1,3H2,(H,12,13). The van der Waals surface area contributed by atoms with Crippen molar-refractivity contribution in [3.8, 4) is 0 Å². The number of furan rings is 1. The maximum Gasteiger partial charge on any atom is 0.254 e. The molecule has 1 N–H and O–H groups in total. The van der Waals surface area contributed by atoms with E-state index in [-0.39, 0.29) is 5.91 Å². The summed E-state index contributed by atoms with van der Waals surface area (Å²) >= 11 is 1.59. The summed E-state index contributed by atoms with van der Waals surface area (Å²) in [6.45, 7) is 0.595. The van der Waals surface area contributed by atoms with Gasteiger partial charge in [-0.1, -0.05) is 0 Å². The van der Waals surface area contributed by atoms with E-state index in [2.05, 4.69) is 10.3 Å². The van der Waals surface area contributed by atoms with Gasteiger partial charge in [-0.3, -0.25) is 4.79 Å². The number of thiazole rings is 1. The Hall–Kier alpha value is -1.62. The van der Waals surface area contributed by atoms with Gasteiger partial charge in [-0.15, -0.1) is 11.3 Å². The van der Waals surface area contributed by atoms with Gasteiger partial charge in [0.05, 0.1) is 16.8 Å². The van der Waals surface area contributed by atoms with E-state index >= 15 is 0 Å². The van der Waals surface area contributed by atoms with Crippen molar-refractivity contribution in [2.24, 2.45) is 0 Å². The molecule has 2 rings (SSSR count). The summed E-state index contributed by atoms with van der Waals surface area (Å²) < 4.78 is 4.82. The first-order valence-corrected chi connectivity index (χ1v) is 5.43. The fourth-order valence-electron chi connectivity index (χ4n) is 1.16. The minimum atomic E-state index is -0.111. The molecule has 0 unspecified atom stereocenters. The molecular formula is C10H10N2O2S. The van der Waals surface area contributed by atoms with Crippen molar-refractivity contribution in [2.75, 3.05) is 6.54 Å². The summed E-state index contributed by atoms with van der Waals surface area (Å²) in [6.07, 6.45) is 5.44. The average molecular weight is 222 g/mol. The van der Waals surface area contributed by atoms with Crippen molar-refractivity contribution < 1.29 is 9.21 Å². The topological polar surface area (TPSA) is 55.1 Å². The van der Waals surface area contributed by atoms with Crippen LogP contribution in [-0.2, 0) is 6.42 Å². The smallest absolute Gasteiger partial charge is 0.254 e. The van der Waals surface area contributed by atoms with Gasteiger partial charge in [0, 0.05) is 24.5 Å². The van der Waals surface area contributed by atoms with E-state index in [1.165, 1.54) is 12.5 Å². The molecule has 4 nitrogen and oxygen atoms in total. The first-order chi connectivity index (χ1) is 7.36. The van der Waals surface area contributed by atoms with E-state index in [9.17, 15) is 4.79 Å². The molecule has 15 heavy (non-hydrogen) atoms. The summed E-state index contributed by atoms with van der Waals surface area (Å²) in [6, 6.07) is 1.64. The van der Waals surface area contributed by atoms with Crippen LogP contribution in [0.3, 0.4) is 0 Å². The van der Waals surface area contributed by atoms with E-state index < -0.39 is 0 Å². The summed E-state index contributed by atoms with van der Waals surface area (Å²) in [5, 5.41) is 5.74. The predicted molar refractivity (Wildman–Crippen MR) is 56.9 cm³/mol. The highest BCUT2D eigenvalue weighted by Crippen LogP contribution is 2.04. The number of nitrogens with one attached hydrogen (secondary N) is 1. The van der Waals surface area contributed by atoms with E-state index in [4.69, 9.17) is 4.42 Å². The molecule has 1 amide bonds. The summed E-state index contributed by atoms with van der Waals surface area (Å²) in [7, 11) is 0. The molecule has 0 saturated heterocycles. The van der Waals surface area contributed by atoms with Crippen LogP contribution in [0.5, 0.6) is 0 Å². The molecule has 2 aromatic rings. The van der Waals surface area contributed by atoms with Crippen molar-refractivity contribution in [1.82, 2.24) is 10.3 Å². The number of amides is 1. The van der Waals surface area contributed by atoms with Gasteiger partial charge < -0.3 is 9.73 Å². The lowest BCUT2D eigenvalue weighted by molar-refractivity contribution is 0.0953. The maximum atomic E-state index is 11.4. The summed E-state index contributed by atoms with van der Waals surface area (Å²) in [5.41, 5.74) is 0.550. The number of hydrogen-bond acceptors (Lipinski definition) is 4. The van der Waals surface area contributed by atoms with Crippen LogP contribution in [0.2, 0.25) is 0 Å². The largest absolute Gasteiger partial charge is 0.472 e. The second-order valence-corrected chi connectivity index (χ2v) is 3.92. The highest BCUT2D eigenvalue weighted by molar-refractivity contribution is 7.09. The van der Waals surface area contributed by atoms with E-state index in [1.807, 2.05) is 5.38 Å². The summed E-state index contributed by atoms with van der Waals surface area (Å²) in [5.74, 6) is -0.111. The number of hydrogen-bond donors (Lipinski definition) is 1. The quantitative estimate of drug-likeness (QED) is 0.856. The third-order valence-electron chi connectivity index (χ3n) is 1.89. The Morgan fingerprint density at radius 3 is 3.20 bits per heavy atom. The SMILES string of the molecule is O=C(NCCc1nccs1)c1ccoc1. The second-order valence-electron chi connectivity index (χ2n) is 2.94. The van der Waals surface area contributed by atoms with Crippen molar-refractivity contribution in [1.29, 1.82) is 0 Å². The second kappa shape index (κ2) is 4.75. The first-order valence-electron chi connectivity index (χ1n) is 4.55. The molecule has 0 aromatic carbocycles. The number of carbonyl (C=O) groups is 1. The van der Waals surface area contributed by atoms with E-state index in [0.29, 0.717) is 12.1 Å². The molecule has 78 valence electrons. The van der Waals surface area contributed by atoms with Crippen molar-refractivity contribution in [2.45, 2.75) is 6.42 Å². The summed E-state index contributed by atoms with van der Waals surface area (Å²) in [4.78, 5) is 15.6. The molecule has 0 aliphatic carbocycles. The van der Waals surface area contributed by atoms with Gasteiger partial charge in [-0.25, -0.2) is 4.98 Å². The zero-order chi connectivity index (χ0) is 10.5. The van der Waals surface area contributed by atoms with Crippen LogP contribution in [0.4, 0.5) is 0 Å². The minimum absolute atomic E-state index is 0.111. The van der Waals surface area contributed by atoms with Crippen molar-refractivity contribution in [3.05, 3.63) is 40.7 Å². The highest BCUT2D eigenvalue weighted by Gasteiger charge is 2.05. The van der Waals surface area contributed by atoms with Gasteiger partial charge in [0.25, 0.3) is 5.91 Å². The molecule has 0 spiro atoms. The van der Waals surface area contributed by atoms with Gasteiger partial charge >= 0.3 is 0 Å². The van der Waals surface area contributed by atoms with Crippen LogP contribution in [0, 0.1) is 0 Å². The molecule has 0 saturated carbocycles. The molecule has 5 heteroatoms. The molecule has 0 fully saturated rings. The predicted octanol–water partition coefficient (Wildman–Crippen LogP) is 1.71. The molecule has 0 bridgehead atoms. The Morgan fingerprint density at radius 2 is 2.53 bits per heavy atom. The van der Waals surface area contributed by atoms with Crippen LogP contribution >= 0.6 is 11.3 Å². The Labute approximate surface area is 90.9 Å². The molecule has 2 aromatic heterocycles.